The van der Waals surface area contributed by atoms with Gasteiger partial charge in [0, 0.05) is 11.3 Å². The summed E-state index contributed by atoms with van der Waals surface area (Å²) in [7, 11) is 0. The topological polar surface area (TPSA) is 46.5 Å². The molecule has 1 N–H and O–H groups in total. The van der Waals surface area contributed by atoms with Crippen molar-refractivity contribution < 1.29 is 19.0 Å². The van der Waals surface area contributed by atoms with Crippen molar-refractivity contribution in [2.75, 3.05) is 0 Å². The van der Waals surface area contributed by atoms with Gasteiger partial charge in [0.25, 0.3) is 0 Å². The lowest BCUT2D eigenvalue weighted by Gasteiger charge is -2.30. The van der Waals surface area contributed by atoms with Crippen molar-refractivity contribution >= 4 is 17.3 Å². The van der Waals surface area contributed by atoms with Crippen LogP contribution in [0.1, 0.15) is 29.3 Å². The van der Waals surface area contributed by atoms with E-state index in [1.165, 1.54) is 35.6 Å². The Morgan fingerprint density at radius 3 is 2.57 bits per heavy atom. The molecule has 0 radical (unpaired) electrons. The summed E-state index contributed by atoms with van der Waals surface area (Å²) >= 11 is 1.37. The lowest BCUT2D eigenvalue weighted by molar-refractivity contribution is -0.146. The van der Waals surface area contributed by atoms with E-state index in [0.717, 1.165) is 5.56 Å². The Bertz CT molecular complexity index is 763. The predicted molar refractivity (Wildman–Crippen MR) is 86.4 cm³/mol. The molecule has 2 atom stereocenters. The first-order chi connectivity index (χ1) is 10.9. The third kappa shape index (κ3) is 2.71. The number of benzene rings is 1. The third-order valence-corrected chi connectivity index (χ3v) is 5.20. The molecule has 3 rings (SSSR count). The highest BCUT2D eigenvalue weighted by atomic mass is 32.1. The molecule has 23 heavy (non-hydrogen) atoms. The van der Waals surface area contributed by atoms with Crippen molar-refractivity contribution in [2.45, 2.75) is 25.9 Å². The molecule has 0 aliphatic carbocycles. The lowest BCUT2D eigenvalue weighted by Crippen LogP contribution is -2.38. The van der Waals surface area contributed by atoms with Crippen LogP contribution in [0, 0.1) is 18.7 Å². The number of hydrogen-bond donors (Lipinski definition) is 1. The van der Waals surface area contributed by atoms with Crippen LogP contribution in [0.5, 0.6) is 0 Å². The average molecular weight is 332 g/mol. The molecule has 5 heteroatoms. The first kappa shape index (κ1) is 15.9. The molecule has 1 aliphatic heterocycles. The van der Waals surface area contributed by atoms with Crippen LogP contribution in [-0.4, -0.2) is 11.1 Å². The molecule has 1 aliphatic rings. The van der Waals surface area contributed by atoms with Crippen LogP contribution in [0.25, 0.3) is 0 Å². The highest BCUT2D eigenvalue weighted by molar-refractivity contribution is 7.10. The summed E-state index contributed by atoms with van der Waals surface area (Å²) in [5.74, 6) is -1.17. The summed E-state index contributed by atoms with van der Waals surface area (Å²) in [6.07, 6.45) is 2.24. The van der Waals surface area contributed by atoms with Crippen LogP contribution in [0.2, 0.25) is 0 Å². The number of hydrogen-bond acceptors (Lipinski definition) is 4. The van der Waals surface area contributed by atoms with E-state index in [1.54, 1.807) is 6.08 Å². The van der Waals surface area contributed by atoms with Crippen molar-refractivity contribution in [3.8, 4) is 0 Å². The number of rotatable bonds is 4. The maximum Gasteiger partial charge on any atom is 0.321 e. The van der Waals surface area contributed by atoms with Gasteiger partial charge in [-0.2, -0.15) is 0 Å². The normalized spacial score (nSPS) is 20.1. The van der Waals surface area contributed by atoms with Crippen LogP contribution >= 0.6 is 11.3 Å². The highest BCUT2D eigenvalue weighted by Crippen LogP contribution is 2.44. The van der Waals surface area contributed by atoms with E-state index in [2.05, 4.69) is 0 Å². The summed E-state index contributed by atoms with van der Waals surface area (Å²) in [6.45, 7) is 3.80. The fraction of sp³-hybridized carbons (Fsp3) is 0.278. The van der Waals surface area contributed by atoms with Crippen molar-refractivity contribution in [1.29, 1.82) is 0 Å². The molecule has 0 amide bonds. The predicted octanol–water partition coefficient (Wildman–Crippen LogP) is 3.90. The summed E-state index contributed by atoms with van der Waals surface area (Å²) in [5, 5.41) is 13.4. The molecule has 0 saturated heterocycles. The van der Waals surface area contributed by atoms with Crippen molar-refractivity contribution in [1.82, 2.24) is 0 Å². The van der Waals surface area contributed by atoms with E-state index >= 15 is 0 Å². The second-order valence-corrected chi connectivity index (χ2v) is 6.56. The van der Waals surface area contributed by atoms with Gasteiger partial charge in [0.05, 0.1) is 0 Å². The quantitative estimate of drug-likeness (QED) is 0.864. The minimum Gasteiger partial charge on any atom is -0.431 e. The molecule has 2 unspecified atom stereocenters. The summed E-state index contributed by atoms with van der Waals surface area (Å²) < 4.78 is 18.5. The van der Waals surface area contributed by atoms with E-state index in [0.29, 0.717) is 22.6 Å². The Hall–Kier alpha value is -1.98. The smallest absolute Gasteiger partial charge is 0.321 e. The Balaban J connectivity index is 2.16. The number of aliphatic hydroxyl groups is 1. The Labute approximate surface area is 138 Å². The van der Waals surface area contributed by atoms with Crippen LogP contribution < -0.4 is 0 Å². The highest BCUT2D eigenvalue weighted by Gasteiger charge is 2.48. The standard InChI is InChI=1S/C18H17FO3S/c1-3-14-9-15(17(20)22-14)18(21,16-8-11(2)10-23-16)12-4-6-13(19)7-5-12/h4-10,15,21H,3H2,1-2H3. The number of ether oxygens (including phenoxy) is 1. The van der Waals surface area contributed by atoms with Crippen molar-refractivity contribution in [2.24, 2.45) is 5.92 Å². The molecular weight excluding hydrogens is 315 g/mol. The fourth-order valence-electron chi connectivity index (χ4n) is 2.77. The van der Waals surface area contributed by atoms with E-state index in [4.69, 9.17) is 4.74 Å². The van der Waals surface area contributed by atoms with Gasteiger partial charge in [-0.3, -0.25) is 4.79 Å². The molecule has 0 saturated carbocycles. The molecule has 2 heterocycles. The van der Waals surface area contributed by atoms with Gasteiger partial charge >= 0.3 is 5.97 Å². The average Bonchev–Trinajstić information content (AvgIpc) is 3.13. The van der Waals surface area contributed by atoms with E-state index in [-0.39, 0.29) is 0 Å². The van der Waals surface area contributed by atoms with E-state index < -0.39 is 23.3 Å². The first-order valence-electron chi connectivity index (χ1n) is 7.41. The Kier molecular flexibility index (Phi) is 4.08. The Morgan fingerprint density at radius 1 is 1.35 bits per heavy atom. The summed E-state index contributed by atoms with van der Waals surface area (Å²) in [5.41, 5.74) is -0.103. The number of carbonyl (C=O) groups excluding carboxylic acids is 1. The number of halogens is 1. The number of aryl methyl sites for hydroxylation is 1. The monoisotopic (exact) mass is 332 g/mol. The van der Waals surface area contributed by atoms with Gasteiger partial charge < -0.3 is 9.84 Å². The first-order valence-corrected chi connectivity index (χ1v) is 8.29. The SMILES string of the molecule is CCC1=CC(C(O)(c2ccc(F)cc2)c2cc(C)cs2)C(=O)O1. The number of allylic oxidation sites excluding steroid dienone is 1. The second-order valence-electron chi connectivity index (χ2n) is 5.65. The van der Waals surface area contributed by atoms with Gasteiger partial charge in [-0.15, -0.1) is 11.3 Å². The zero-order chi connectivity index (χ0) is 16.6. The molecule has 120 valence electrons. The van der Waals surface area contributed by atoms with Crippen molar-refractivity contribution in [3.63, 3.8) is 0 Å². The maximum atomic E-state index is 13.3. The Morgan fingerprint density at radius 2 is 2.04 bits per heavy atom. The molecular formula is C18H17FO3S. The number of carbonyl (C=O) groups is 1. The summed E-state index contributed by atoms with van der Waals surface area (Å²) in [6, 6.07) is 7.43. The van der Waals surface area contributed by atoms with Gasteiger partial charge in [0.1, 0.15) is 23.1 Å². The van der Waals surface area contributed by atoms with Crippen LogP contribution in [-0.2, 0) is 15.1 Å². The van der Waals surface area contributed by atoms with Crippen LogP contribution in [0.4, 0.5) is 4.39 Å². The maximum absolute atomic E-state index is 13.3. The number of thiophene rings is 1. The summed E-state index contributed by atoms with van der Waals surface area (Å²) in [4.78, 5) is 12.9. The fourth-order valence-corrected chi connectivity index (χ4v) is 3.83. The van der Waals surface area contributed by atoms with Gasteiger partial charge in [-0.25, -0.2) is 4.39 Å². The molecule has 0 bridgehead atoms. The molecule has 3 nitrogen and oxygen atoms in total. The third-order valence-electron chi connectivity index (χ3n) is 4.03. The van der Waals surface area contributed by atoms with Gasteiger partial charge in [-0.05, 0) is 47.7 Å². The van der Waals surface area contributed by atoms with E-state index in [1.807, 2.05) is 25.3 Å². The van der Waals surface area contributed by atoms with Crippen molar-refractivity contribution in [3.05, 3.63) is 69.4 Å². The zero-order valence-corrected chi connectivity index (χ0v) is 13.7. The minimum absolute atomic E-state index is 0.391. The largest absolute Gasteiger partial charge is 0.431 e. The van der Waals surface area contributed by atoms with E-state index in [9.17, 15) is 14.3 Å². The van der Waals surface area contributed by atoms with Gasteiger partial charge in [-0.1, -0.05) is 19.1 Å². The molecule has 0 fully saturated rings. The van der Waals surface area contributed by atoms with Crippen LogP contribution in [0.3, 0.4) is 0 Å². The zero-order valence-electron chi connectivity index (χ0n) is 12.9. The lowest BCUT2D eigenvalue weighted by atomic mass is 9.80. The number of cyclic esters (lactones) is 1. The van der Waals surface area contributed by atoms with Gasteiger partial charge in [0.15, 0.2) is 0 Å². The molecule has 1 aromatic carbocycles. The second kappa shape index (κ2) is 5.91. The number of esters is 1. The minimum atomic E-state index is -1.57. The van der Waals surface area contributed by atoms with Gasteiger partial charge in [0.2, 0.25) is 0 Å². The molecule has 2 aromatic rings. The molecule has 0 spiro atoms. The van der Waals surface area contributed by atoms with Crippen LogP contribution in [0.15, 0.2) is 47.5 Å². The molecule has 1 aromatic heterocycles.